The van der Waals surface area contributed by atoms with E-state index in [1.807, 2.05) is 83.3 Å². The molecule has 0 N–H and O–H groups in total. The molecule has 6 rings (SSSR count). The zero-order chi connectivity index (χ0) is 20.9. The van der Waals surface area contributed by atoms with Crippen LogP contribution in [0.1, 0.15) is 0 Å². The van der Waals surface area contributed by atoms with E-state index < -0.39 is 0 Å². The molecule has 4 nitrogen and oxygen atoms in total. The average Bonchev–Trinajstić information content (AvgIpc) is 3.33. The Kier molecular flexibility index (Phi) is 4.16. The standard InChI is InChI=1S/C25H15Cl2N3O/c26-18-9-6-11-21(24(18)27)29(16-7-2-1-3-8-16)17-13-14-19-22(15-17)30-20-10-4-5-12-23(20)31-25(30)28-19/h1-15H. The topological polar surface area (TPSA) is 33.7 Å². The zero-order valence-corrected chi connectivity index (χ0v) is 17.7. The summed E-state index contributed by atoms with van der Waals surface area (Å²) >= 11 is 13.0. The smallest absolute Gasteiger partial charge is 0.307 e. The molecule has 0 aliphatic carbocycles. The number of nitrogens with zero attached hydrogens (tertiary/aromatic N) is 3. The number of hydrogen-bond donors (Lipinski definition) is 0. The summed E-state index contributed by atoms with van der Waals surface area (Å²) < 4.78 is 7.98. The number of aromatic nitrogens is 2. The predicted molar refractivity (Wildman–Crippen MR) is 127 cm³/mol. The van der Waals surface area contributed by atoms with Crippen molar-refractivity contribution in [1.29, 1.82) is 0 Å². The van der Waals surface area contributed by atoms with Gasteiger partial charge in [0.05, 0.1) is 32.3 Å². The van der Waals surface area contributed by atoms with Crippen LogP contribution in [0.25, 0.3) is 28.0 Å². The first-order valence-corrected chi connectivity index (χ1v) is 10.6. The predicted octanol–water partition coefficient (Wildman–Crippen LogP) is 8.01. The molecular weight excluding hydrogens is 429 g/mol. The third-order valence-corrected chi connectivity index (χ3v) is 6.17. The molecule has 0 spiro atoms. The van der Waals surface area contributed by atoms with Crippen LogP contribution in [0.5, 0.6) is 0 Å². The van der Waals surface area contributed by atoms with Gasteiger partial charge < -0.3 is 9.32 Å². The van der Waals surface area contributed by atoms with Gasteiger partial charge in [-0.25, -0.2) is 0 Å². The van der Waals surface area contributed by atoms with Gasteiger partial charge >= 0.3 is 5.84 Å². The molecule has 0 amide bonds. The minimum atomic E-state index is 0.500. The summed E-state index contributed by atoms with van der Waals surface area (Å²) in [7, 11) is 0. The van der Waals surface area contributed by atoms with Crippen LogP contribution < -0.4 is 4.90 Å². The lowest BCUT2D eigenvalue weighted by molar-refractivity contribution is 0.643. The van der Waals surface area contributed by atoms with E-state index in [4.69, 9.17) is 27.6 Å². The number of hydrogen-bond acceptors (Lipinski definition) is 3. The van der Waals surface area contributed by atoms with Crippen molar-refractivity contribution in [2.75, 3.05) is 4.90 Å². The molecule has 0 aliphatic rings. The summed E-state index contributed by atoms with van der Waals surface area (Å²) in [5.74, 6) is 0.570. The van der Waals surface area contributed by atoms with Crippen molar-refractivity contribution in [3.05, 3.63) is 101 Å². The molecule has 0 saturated carbocycles. The second kappa shape index (κ2) is 7.05. The van der Waals surface area contributed by atoms with E-state index in [9.17, 15) is 0 Å². The lowest BCUT2D eigenvalue weighted by Gasteiger charge is -2.26. The molecule has 0 fully saturated rings. The molecule has 4 aromatic carbocycles. The average molecular weight is 444 g/mol. The third-order valence-electron chi connectivity index (χ3n) is 5.36. The molecule has 150 valence electrons. The molecular formula is C25H15Cl2N3O. The summed E-state index contributed by atoms with van der Waals surface area (Å²) in [6.07, 6.45) is 0. The van der Waals surface area contributed by atoms with Gasteiger partial charge in [-0.15, -0.1) is 0 Å². The molecule has 2 heterocycles. The van der Waals surface area contributed by atoms with Gasteiger partial charge in [0.1, 0.15) is 0 Å². The molecule has 0 aliphatic heterocycles. The summed E-state index contributed by atoms with van der Waals surface area (Å²) in [5.41, 5.74) is 6.31. The fourth-order valence-corrected chi connectivity index (χ4v) is 4.36. The highest BCUT2D eigenvalue weighted by Gasteiger charge is 2.19. The summed E-state index contributed by atoms with van der Waals surface area (Å²) in [5, 5.41) is 1.01. The fourth-order valence-electron chi connectivity index (χ4n) is 3.98. The van der Waals surface area contributed by atoms with Crippen LogP contribution in [0.3, 0.4) is 0 Å². The van der Waals surface area contributed by atoms with E-state index in [-0.39, 0.29) is 0 Å². The van der Waals surface area contributed by atoms with Gasteiger partial charge in [0.25, 0.3) is 0 Å². The number of anilines is 3. The van der Waals surface area contributed by atoms with Crippen molar-refractivity contribution >= 4 is 68.2 Å². The number of imidazole rings is 1. The van der Waals surface area contributed by atoms with Crippen molar-refractivity contribution < 1.29 is 4.42 Å². The lowest BCUT2D eigenvalue weighted by atomic mass is 10.1. The van der Waals surface area contributed by atoms with Crippen LogP contribution in [0.15, 0.2) is 95.4 Å². The van der Waals surface area contributed by atoms with E-state index in [0.29, 0.717) is 15.9 Å². The van der Waals surface area contributed by atoms with Crippen molar-refractivity contribution in [2.24, 2.45) is 0 Å². The number of rotatable bonds is 3. The van der Waals surface area contributed by atoms with Gasteiger partial charge in [0.15, 0.2) is 5.58 Å². The number of benzene rings is 4. The number of oxazole rings is 1. The van der Waals surface area contributed by atoms with Crippen LogP contribution in [0, 0.1) is 0 Å². The summed E-state index contributed by atoms with van der Waals surface area (Å²) in [4.78, 5) is 6.75. The highest BCUT2D eigenvalue weighted by atomic mass is 35.5. The van der Waals surface area contributed by atoms with Crippen LogP contribution >= 0.6 is 23.2 Å². The van der Waals surface area contributed by atoms with Gasteiger partial charge in [-0.3, -0.25) is 4.40 Å². The molecule has 2 aromatic heterocycles. The van der Waals surface area contributed by atoms with E-state index in [1.165, 1.54) is 0 Å². The van der Waals surface area contributed by atoms with E-state index in [0.717, 1.165) is 39.2 Å². The molecule has 31 heavy (non-hydrogen) atoms. The molecule has 0 bridgehead atoms. The Labute approximate surface area is 187 Å². The van der Waals surface area contributed by atoms with Crippen molar-refractivity contribution in [3.63, 3.8) is 0 Å². The molecule has 6 aromatic rings. The Morgan fingerprint density at radius 3 is 2.42 bits per heavy atom. The fraction of sp³-hybridized carbons (Fsp3) is 0. The SMILES string of the molecule is Clc1cccc(N(c2ccccc2)c2ccc3nc4oc5ccccc5n4c3c2)c1Cl. The highest BCUT2D eigenvalue weighted by molar-refractivity contribution is 6.44. The van der Waals surface area contributed by atoms with Crippen molar-refractivity contribution in [1.82, 2.24) is 9.38 Å². The van der Waals surface area contributed by atoms with Crippen LogP contribution in [-0.2, 0) is 0 Å². The number of fused-ring (bicyclic) bond motifs is 5. The molecule has 0 atom stereocenters. The highest BCUT2D eigenvalue weighted by Crippen LogP contribution is 2.42. The molecule has 6 heteroatoms. The maximum atomic E-state index is 6.63. The van der Waals surface area contributed by atoms with E-state index in [1.54, 1.807) is 6.07 Å². The van der Waals surface area contributed by atoms with Gasteiger partial charge in [0.2, 0.25) is 0 Å². The Morgan fingerprint density at radius 1 is 0.742 bits per heavy atom. The zero-order valence-electron chi connectivity index (χ0n) is 16.2. The van der Waals surface area contributed by atoms with Gasteiger partial charge in [-0.2, -0.15) is 4.98 Å². The number of para-hydroxylation sites is 3. The normalized spacial score (nSPS) is 11.5. The first-order chi connectivity index (χ1) is 15.2. The van der Waals surface area contributed by atoms with Gasteiger partial charge in [0, 0.05) is 11.4 Å². The second-order valence-corrected chi connectivity index (χ2v) is 8.00. The van der Waals surface area contributed by atoms with E-state index >= 15 is 0 Å². The Hall–Kier alpha value is -3.47. The summed E-state index contributed by atoms with van der Waals surface area (Å²) in [6, 6.07) is 29.8. The lowest BCUT2D eigenvalue weighted by Crippen LogP contribution is -2.10. The Morgan fingerprint density at radius 2 is 1.55 bits per heavy atom. The molecule has 0 saturated heterocycles. The number of halogens is 2. The largest absolute Gasteiger partial charge is 0.423 e. The molecule has 0 radical (unpaired) electrons. The minimum absolute atomic E-state index is 0.500. The Balaban J connectivity index is 1.64. The quantitative estimate of drug-likeness (QED) is 0.277. The Bertz CT molecular complexity index is 1570. The van der Waals surface area contributed by atoms with Crippen molar-refractivity contribution in [2.45, 2.75) is 0 Å². The minimum Gasteiger partial charge on any atom is -0.423 e. The molecule has 0 unspecified atom stereocenters. The van der Waals surface area contributed by atoms with Crippen LogP contribution in [0.4, 0.5) is 17.1 Å². The van der Waals surface area contributed by atoms with Crippen LogP contribution in [-0.4, -0.2) is 9.38 Å². The van der Waals surface area contributed by atoms with Gasteiger partial charge in [-0.1, -0.05) is 59.6 Å². The van der Waals surface area contributed by atoms with Gasteiger partial charge in [-0.05, 0) is 54.6 Å². The third kappa shape index (κ3) is 2.87. The second-order valence-electron chi connectivity index (χ2n) is 7.22. The monoisotopic (exact) mass is 443 g/mol. The summed E-state index contributed by atoms with van der Waals surface area (Å²) in [6.45, 7) is 0. The van der Waals surface area contributed by atoms with E-state index in [2.05, 4.69) is 16.0 Å². The first kappa shape index (κ1) is 18.3. The van der Waals surface area contributed by atoms with Crippen LogP contribution in [0.2, 0.25) is 10.0 Å². The van der Waals surface area contributed by atoms with Crippen molar-refractivity contribution in [3.8, 4) is 0 Å². The maximum Gasteiger partial charge on any atom is 0.307 e. The first-order valence-electron chi connectivity index (χ1n) is 9.80. The maximum absolute atomic E-state index is 6.63.